The number of carbonyl (C=O) groups excluding carboxylic acids is 2. The lowest BCUT2D eigenvalue weighted by atomic mass is 10.2. The van der Waals surface area contributed by atoms with E-state index in [0.29, 0.717) is 6.42 Å². The summed E-state index contributed by atoms with van der Waals surface area (Å²) in [6.07, 6.45) is 0.569. The van der Waals surface area contributed by atoms with E-state index in [1.165, 1.54) is 7.11 Å². The lowest BCUT2D eigenvalue weighted by Crippen LogP contribution is -2.41. The average Bonchev–Trinajstić information content (AvgIpc) is 2.04. The zero-order valence-electron chi connectivity index (χ0n) is 7.29. The number of carbonyl (C=O) groups is 2. The van der Waals surface area contributed by atoms with E-state index in [2.05, 4.69) is 10.1 Å². The van der Waals surface area contributed by atoms with Crippen LogP contribution >= 0.6 is 0 Å². The predicted molar refractivity (Wildman–Crippen MR) is 43.3 cm³/mol. The van der Waals surface area contributed by atoms with E-state index in [4.69, 9.17) is 5.73 Å². The number of nitrogens with two attached hydrogens (primary N) is 1. The van der Waals surface area contributed by atoms with E-state index in [0.717, 1.165) is 0 Å². The monoisotopic (exact) mass is 174 g/mol. The van der Waals surface area contributed by atoms with Crippen LogP contribution in [0.2, 0.25) is 0 Å². The van der Waals surface area contributed by atoms with Crippen LogP contribution in [0.5, 0.6) is 0 Å². The van der Waals surface area contributed by atoms with Crippen molar-refractivity contribution in [1.82, 2.24) is 5.32 Å². The molecule has 1 atom stereocenters. The first-order chi connectivity index (χ1) is 5.61. The van der Waals surface area contributed by atoms with Gasteiger partial charge in [-0.3, -0.25) is 14.9 Å². The van der Waals surface area contributed by atoms with Crippen molar-refractivity contribution in [3.05, 3.63) is 0 Å². The van der Waals surface area contributed by atoms with E-state index in [-0.39, 0.29) is 12.5 Å². The van der Waals surface area contributed by atoms with Gasteiger partial charge in [0.2, 0.25) is 5.91 Å². The molecule has 0 heterocycles. The van der Waals surface area contributed by atoms with Gasteiger partial charge in [-0.2, -0.15) is 0 Å². The van der Waals surface area contributed by atoms with Crippen LogP contribution in [-0.4, -0.2) is 31.6 Å². The van der Waals surface area contributed by atoms with Crippen LogP contribution in [0.15, 0.2) is 0 Å². The zero-order valence-corrected chi connectivity index (χ0v) is 7.29. The molecule has 0 saturated heterocycles. The number of primary amides is 1. The smallest absolute Gasteiger partial charge is 0.322 e. The van der Waals surface area contributed by atoms with Crippen molar-refractivity contribution < 1.29 is 14.3 Å². The highest BCUT2D eigenvalue weighted by molar-refractivity contribution is 5.79. The standard InChI is InChI=1S/C7H14N2O3/c1-3-5(7(11)12-2)9-4-6(8)10/h5,9H,3-4H2,1-2H3,(H2,8,10). The molecule has 0 radical (unpaired) electrons. The number of ether oxygens (including phenoxy) is 1. The number of nitrogens with one attached hydrogen (secondary N) is 1. The van der Waals surface area contributed by atoms with Gasteiger partial charge in [-0.1, -0.05) is 6.92 Å². The third-order valence-corrected chi connectivity index (χ3v) is 1.42. The maximum Gasteiger partial charge on any atom is 0.322 e. The molecule has 0 aliphatic heterocycles. The summed E-state index contributed by atoms with van der Waals surface area (Å²) in [4.78, 5) is 21.3. The van der Waals surface area contributed by atoms with Crippen LogP contribution in [0.3, 0.4) is 0 Å². The van der Waals surface area contributed by atoms with Crippen molar-refractivity contribution in [2.75, 3.05) is 13.7 Å². The Labute approximate surface area is 71.3 Å². The SMILES string of the molecule is CCC(NCC(N)=O)C(=O)OC. The minimum Gasteiger partial charge on any atom is -0.468 e. The minimum atomic E-state index is -0.489. The predicted octanol–water partition coefficient (Wildman–Crippen LogP) is -0.987. The molecule has 0 aromatic heterocycles. The molecule has 1 unspecified atom stereocenters. The molecule has 12 heavy (non-hydrogen) atoms. The molecule has 1 amide bonds. The molecule has 0 aromatic carbocycles. The number of methoxy groups -OCH3 is 1. The van der Waals surface area contributed by atoms with Crippen molar-refractivity contribution in [3.63, 3.8) is 0 Å². The summed E-state index contributed by atoms with van der Waals surface area (Å²) in [5, 5.41) is 2.67. The van der Waals surface area contributed by atoms with Crippen molar-refractivity contribution in [2.24, 2.45) is 5.73 Å². The second kappa shape index (κ2) is 5.54. The van der Waals surface area contributed by atoms with Crippen LogP contribution < -0.4 is 11.1 Å². The van der Waals surface area contributed by atoms with Crippen LogP contribution in [-0.2, 0) is 14.3 Å². The summed E-state index contributed by atoms with van der Waals surface area (Å²) in [6.45, 7) is 1.81. The molecule has 0 spiro atoms. The fraction of sp³-hybridized carbons (Fsp3) is 0.714. The van der Waals surface area contributed by atoms with Gasteiger partial charge in [0, 0.05) is 0 Å². The van der Waals surface area contributed by atoms with Crippen LogP contribution in [0, 0.1) is 0 Å². The van der Waals surface area contributed by atoms with Gasteiger partial charge in [-0.25, -0.2) is 0 Å². The Balaban J connectivity index is 3.83. The largest absolute Gasteiger partial charge is 0.468 e. The van der Waals surface area contributed by atoms with Gasteiger partial charge in [-0.15, -0.1) is 0 Å². The molecular formula is C7H14N2O3. The van der Waals surface area contributed by atoms with E-state index >= 15 is 0 Å². The number of amides is 1. The molecule has 0 bridgehead atoms. The Kier molecular flexibility index (Phi) is 5.03. The second-order valence-corrected chi connectivity index (χ2v) is 2.33. The second-order valence-electron chi connectivity index (χ2n) is 2.33. The van der Waals surface area contributed by atoms with E-state index in [1.807, 2.05) is 6.92 Å². The molecule has 5 heteroatoms. The molecule has 3 N–H and O–H groups in total. The third kappa shape index (κ3) is 3.92. The van der Waals surface area contributed by atoms with Crippen molar-refractivity contribution in [2.45, 2.75) is 19.4 Å². The van der Waals surface area contributed by atoms with Gasteiger partial charge >= 0.3 is 5.97 Å². The lowest BCUT2D eigenvalue weighted by Gasteiger charge is -2.12. The average molecular weight is 174 g/mol. The van der Waals surface area contributed by atoms with Gasteiger partial charge < -0.3 is 10.5 Å². The quantitative estimate of drug-likeness (QED) is 0.524. The van der Waals surface area contributed by atoms with Crippen molar-refractivity contribution >= 4 is 11.9 Å². The number of hydrogen-bond donors (Lipinski definition) is 2. The Morgan fingerprint density at radius 1 is 1.58 bits per heavy atom. The maximum absolute atomic E-state index is 10.9. The normalized spacial score (nSPS) is 12.2. The van der Waals surface area contributed by atoms with Crippen molar-refractivity contribution in [3.8, 4) is 0 Å². The topological polar surface area (TPSA) is 81.4 Å². The highest BCUT2D eigenvalue weighted by atomic mass is 16.5. The maximum atomic E-state index is 10.9. The van der Waals surface area contributed by atoms with E-state index < -0.39 is 11.9 Å². The van der Waals surface area contributed by atoms with Crippen LogP contribution in [0.4, 0.5) is 0 Å². The number of rotatable bonds is 5. The zero-order chi connectivity index (χ0) is 9.56. The first-order valence-corrected chi connectivity index (χ1v) is 3.71. The van der Waals surface area contributed by atoms with Crippen LogP contribution in [0.25, 0.3) is 0 Å². The lowest BCUT2D eigenvalue weighted by molar-refractivity contribution is -0.143. The molecule has 0 aliphatic rings. The van der Waals surface area contributed by atoms with Crippen LogP contribution in [0.1, 0.15) is 13.3 Å². The first kappa shape index (κ1) is 10.9. The highest BCUT2D eigenvalue weighted by Gasteiger charge is 2.15. The van der Waals surface area contributed by atoms with Crippen molar-refractivity contribution in [1.29, 1.82) is 0 Å². The summed E-state index contributed by atoms with van der Waals surface area (Å²) < 4.78 is 4.48. The summed E-state index contributed by atoms with van der Waals surface area (Å²) in [5.74, 6) is -0.865. The van der Waals surface area contributed by atoms with E-state index in [1.54, 1.807) is 0 Å². The summed E-state index contributed by atoms with van der Waals surface area (Å²) >= 11 is 0. The first-order valence-electron chi connectivity index (χ1n) is 3.71. The molecule has 0 fully saturated rings. The summed E-state index contributed by atoms with van der Waals surface area (Å²) in [5.41, 5.74) is 4.88. The number of esters is 1. The van der Waals surface area contributed by atoms with E-state index in [9.17, 15) is 9.59 Å². The molecule has 0 saturated carbocycles. The molecule has 70 valence electrons. The molecule has 0 aliphatic carbocycles. The Hall–Kier alpha value is -1.10. The van der Waals surface area contributed by atoms with Gasteiger partial charge in [0.25, 0.3) is 0 Å². The molecule has 5 nitrogen and oxygen atoms in total. The summed E-state index contributed by atoms with van der Waals surface area (Å²) in [7, 11) is 1.30. The number of hydrogen-bond acceptors (Lipinski definition) is 4. The van der Waals surface area contributed by atoms with Gasteiger partial charge in [0.05, 0.1) is 13.7 Å². The fourth-order valence-corrected chi connectivity index (χ4v) is 0.760. The summed E-state index contributed by atoms with van der Waals surface area (Å²) in [6, 6.07) is -0.442. The highest BCUT2D eigenvalue weighted by Crippen LogP contribution is 1.92. The molecule has 0 aromatic rings. The minimum absolute atomic E-state index is 0.00634. The Bertz CT molecular complexity index is 170. The third-order valence-electron chi connectivity index (χ3n) is 1.42. The van der Waals surface area contributed by atoms with Gasteiger partial charge in [0.1, 0.15) is 6.04 Å². The fourth-order valence-electron chi connectivity index (χ4n) is 0.760. The van der Waals surface area contributed by atoms with Gasteiger partial charge in [0.15, 0.2) is 0 Å². The Morgan fingerprint density at radius 3 is 2.50 bits per heavy atom. The Morgan fingerprint density at radius 2 is 2.17 bits per heavy atom. The molecule has 0 rings (SSSR count). The molecular weight excluding hydrogens is 160 g/mol. The van der Waals surface area contributed by atoms with Gasteiger partial charge in [-0.05, 0) is 6.42 Å².